The van der Waals surface area contributed by atoms with E-state index < -0.39 is 0 Å². The zero-order chi connectivity index (χ0) is 14.8. The van der Waals surface area contributed by atoms with Crippen molar-refractivity contribution in [3.63, 3.8) is 0 Å². The van der Waals surface area contributed by atoms with Crippen molar-refractivity contribution < 1.29 is 0 Å². The summed E-state index contributed by atoms with van der Waals surface area (Å²) in [4.78, 5) is 0. The van der Waals surface area contributed by atoms with Crippen LogP contribution in [0.15, 0.2) is 54.6 Å². The molecule has 0 amide bonds. The zero-order valence-electron chi connectivity index (χ0n) is 13.0. The van der Waals surface area contributed by atoms with Gasteiger partial charge >= 0.3 is 0 Å². The van der Waals surface area contributed by atoms with Crippen molar-refractivity contribution in [1.82, 2.24) is 0 Å². The minimum atomic E-state index is 0.822. The van der Waals surface area contributed by atoms with E-state index in [1.54, 1.807) is 0 Å². The second-order valence-electron chi connectivity index (χ2n) is 3.46. The van der Waals surface area contributed by atoms with Gasteiger partial charge < -0.3 is 5.73 Å². The monoisotopic (exact) mass is 249 g/mol. The van der Waals surface area contributed by atoms with E-state index in [9.17, 15) is 0 Å². The fourth-order valence-electron chi connectivity index (χ4n) is 0.738. The molecule has 1 rings (SSSR count). The quantitative estimate of drug-likeness (QED) is 0.490. The van der Waals surface area contributed by atoms with E-state index in [0.717, 1.165) is 11.3 Å². The summed E-state index contributed by atoms with van der Waals surface area (Å²) in [5.41, 5.74) is 7.29. The van der Waals surface area contributed by atoms with E-state index in [4.69, 9.17) is 5.73 Å². The lowest BCUT2D eigenvalue weighted by atomic mass is 10.3. The first kappa shape index (κ1) is 21.8. The molecule has 1 aromatic carbocycles. The number of hydrogen-bond donors (Lipinski definition) is 1. The summed E-state index contributed by atoms with van der Waals surface area (Å²) in [6.45, 7) is 15.9. The number of anilines is 1. The number of allylic oxidation sites excluding steroid dienone is 3. The van der Waals surface area contributed by atoms with Gasteiger partial charge in [0.25, 0.3) is 0 Å². The Hall–Kier alpha value is -1.50. The third kappa shape index (κ3) is 29.3. The molecule has 0 saturated carbocycles. The third-order valence-corrected chi connectivity index (χ3v) is 1.25. The van der Waals surface area contributed by atoms with Gasteiger partial charge in [0.15, 0.2) is 0 Å². The van der Waals surface area contributed by atoms with Gasteiger partial charge in [0.2, 0.25) is 0 Å². The first-order valence-corrected chi connectivity index (χ1v) is 6.67. The normalized spacial score (nSPS) is 7.89. The van der Waals surface area contributed by atoms with Crippen LogP contribution in [-0.4, -0.2) is 0 Å². The van der Waals surface area contributed by atoms with Crippen molar-refractivity contribution in [2.24, 2.45) is 0 Å². The summed E-state index contributed by atoms with van der Waals surface area (Å²) in [5, 5.41) is 0. The van der Waals surface area contributed by atoms with Crippen molar-refractivity contribution in [1.29, 1.82) is 0 Å². The maximum atomic E-state index is 5.36. The van der Waals surface area contributed by atoms with Crippen LogP contribution >= 0.6 is 0 Å². The van der Waals surface area contributed by atoms with Gasteiger partial charge in [-0.1, -0.05) is 76.6 Å². The minimum absolute atomic E-state index is 0.822. The van der Waals surface area contributed by atoms with Crippen LogP contribution in [-0.2, 0) is 0 Å². The van der Waals surface area contributed by atoms with Crippen LogP contribution < -0.4 is 5.73 Å². The molecule has 0 heterocycles. The second kappa shape index (κ2) is 20.9. The number of hydrogen-bond acceptors (Lipinski definition) is 1. The first-order valence-electron chi connectivity index (χ1n) is 6.67. The molecule has 1 nitrogen and oxygen atoms in total. The summed E-state index contributed by atoms with van der Waals surface area (Å²) < 4.78 is 0. The van der Waals surface area contributed by atoms with Crippen LogP contribution in [0.2, 0.25) is 0 Å². The molecule has 1 heteroatoms. The van der Waals surface area contributed by atoms with Crippen LogP contribution in [0.3, 0.4) is 0 Å². The van der Waals surface area contributed by atoms with Crippen molar-refractivity contribution in [2.75, 3.05) is 5.73 Å². The number of para-hydroxylation sites is 1. The van der Waals surface area contributed by atoms with E-state index in [1.807, 2.05) is 70.2 Å². The molecule has 0 aliphatic rings. The molecule has 0 fully saturated rings. The minimum Gasteiger partial charge on any atom is -0.399 e. The van der Waals surface area contributed by atoms with E-state index in [1.165, 1.54) is 6.42 Å². The Morgan fingerprint density at radius 2 is 1.56 bits per heavy atom. The lowest BCUT2D eigenvalue weighted by Gasteiger charge is -1.83. The molecule has 0 unspecified atom stereocenters. The summed E-state index contributed by atoms with van der Waals surface area (Å²) in [6.07, 6.45) is 5.20. The molecule has 0 saturated heterocycles. The largest absolute Gasteiger partial charge is 0.399 e. The molecule has 18 heavy (non-hydrogen) atoms. The third-order valence-electron chi connectivity index (χ3n) is 1.25. The van der Waals surface area contributed by atoms with Gasteiger partial charge in [-0.25, -0.2) is 0 Å². The Bertz CT molecular complexity index is 273. The van der Waals surface area contributed by atoms with E-state index >= 15 is 0 Å². The number of benzene rings is 1. The highest BCUT2D eigenvalue weighted by Crippen LogP contribution is 1.95. The second-order valence-corrected chi connectivity index (χ2v) is 3.46. The Balaban J connectivity index is -0.000000187. The zero-order valence-corrected chi connectivity index (χ0v) is 13.0. The number of nitrogens with two attached hydrogens (primary N) is 1. The van der Waals surface area contributed by atoms with Crippen molar-refractivity contribution in [3.8, 4) is 0 Å². The van der Waals surface area contributed by atoms with Gasteiger partial charge in [0, 0.05) is 5.69 Å². The number of nitrogen functional groups attached to an aromatic ring is 1. The first-order chi connectivity index (χ1) is 8.58. The highest BCUT2D eigenvalue weighted by atomic mass is 14.5. The maximum Gasteiger partial charge on any atom is 0.0313 e. The van der Waals surface area contributed by atoms with Gasteiger partial charge in [-0.15, -0.1) is 0 Å². The van der Waals surface area contributed by atoms with Gasteiger partial charge in [-0.3, -0.25) is 0 Å². The molecule has 0 aliphatic heterocycles. The highest BCUT2D eigenvalue weighted by Gasteiger charge is 1.72. The van der Waals surface area contributed by atoms with Gasteiger partial charge in [0.1, 0.15) is 0 Å². The summed E-state index contributed by atoms with van der Waals surface area (Å²) >= 11 is 0. The predicted octanol–water partition coefficient (Wildman–Crippen LogP) is 5.85. The summed E-state index contributed by atoms with van der Waals surface area (Å²) in [6, 6.07) is 9.49. The predicted molar refractivity (Wildman–Crippen MR) is 87.8 cm³/mol. The molecular weight excluding hydrogens is 218 g/mol. The highest BCUT2D eigenvalue weighted by molar-refractivity contribution is 5.35. The average molecular weight is 249 g/mol. The lowest BCUT2D eigenvalue weighted by molar-refractivity contribution is 1.09. The maximum absolute atomic E-state index is 5.36. The number of rotatable bonds is 1. The Labute approximate surface area is 114 Å². The molecule has 0 aliphatic carbocycles. The van der Waals surface area contributed by atoms with Crippen molar-refractivity contribution in [3.05, 3.63) is 54.6 Å². The molecule has 1 aromatic rings. The van der Waals surface area contributed by atoms with Gasteiger partial charge in [-0.2, -0.15) is 0 Å². The van der Waals surface area contributed by atoms with Gasteiger partial charge in [-0.05, 0) is 26.0 Å². The van der Waals surface area contributed by atoms with Crippen LogP contribution in [0.5, 0.6) is 0 Å². The molecule has 104 valence electrons. The average Bonchev–Trinajstić information content (AvgIpc) is 2.34. The van der Waals surface area contributed by atoms with Crippen LogP contribution in [0.4, 0.5) is 5.69 Å². The Morgan fingerprint density at radius 3 is 1.67 bits per heavy atom. The summed E-state index contributed by atoms with van der Waals surface area (Å²) in [5.74, 6) is 0. The topological polar surface area (TPSA) is 26.0 Å². The van der Waals surface area contributed by atoms with Crippen LogP contribution in [0, 0.1) is 0 Å². The van der Waals surface area contributed by atoms with Crippen molar-refractivity contribution in [2.45, 2.75) is 48.0 Å². The Morgan fingerprint density at radius 1 is 1.17 bits per heavy atom. The molecule has 2 N–H and O–H groups in total. The van der Waals surface area contributed by atoms with E-state index in [-0.39, 0.29) is 0 Å². The standard InChI is InChI=1S/C6H7N.C6H10.C3H8.C2H6/c7-6-4-2-1-3-5-6;1-4-5-6(2)3;1-3-2;1-2/h1-5H,7H2;4-5H,2H2,1,3H3;3H2,1-2H3;1-2H3/b;5-4-;;. The van der Waals surface area contributed by atoms with E-state index in [2.05, 4.69) is 20.4 Å². The van der Waals surface area contributed by atoms with Crippen LogP contribution in [0.25, 0.3) is 0 Å². The molecule has 0 radical (unpaired) electrons. The molecular formula is C17H31N. The Kier molecular flexibility index (Phi) is 25.2. The molecule has 0 bridgehead atoms. The van der Waals surface area contributed by atoms with Gasteiger partial charge in [0.05, 0.1) is 0 Å². The fourth-order valence-corrected chi connectivity index (χ4v) is 0.738. The van der Waals surface area contributed by atoms with E-state index in [0.29, 0.717) is 0 Å². The smallest absolute Gasteiger partial charge is 0.0313 e. The fraction of sp³-hybridized carbons (Fsp3) is 0.412. The summed E-state index contributed by atoms with van der Waals surface area (Å²) in [7, 11) is 0. The van der Waals surface area contributed by atoms with Crippen molar-refractivity contribution >= 4 is 5.69 Å². The molecule has 0 aromatic heterocycles. The lowest BCUT2D eigenvalue weighted by Crippen LogP contribution is -1.79. The SMILES string of the molecule is C=C(C)/C=C\C.CC.CCC.Nc1ccccc1. The van der Waals surface area contributed by atoms with Crippen LogP contribution in [0.1, 0.15) is 48.0 Å². The molecule has 0 spiro atoms. The molecule has 0 atom stereocenters.